The molecule has 0 unspecified atom stereocenters. The van der Waals surface area contributed by atoms with E-state index in [1.807, 2.05) is 17.3 Å². The van der Waals surface area contributed by atoms with Crippen LogP contribution >= 0.6 is 11.3 Å². The van der Waals surface area contributed by atoms with Crippen LogP contribution in [0.15, 0.2) is 5.38 Å². The van der Waals surface area contributed by atoms with E-state index in [4.69, 9.17) is 0 Å². The largest absolute Gasteiger partial charge is 0.365 e. The molecule has 1 amide bonds. The van der Waals surface area contributed by atoms with Crippen LogP contribution < -0.4 is 5.32 Å². The zero-order valence-corrected chi connectivity index (χ0v) is 13.7. The number of nitrogens with one attached hydrogen (secondary N) is 1. The summed E-state index contributed by atoms with van der Waals surface area (Å²) in [5, 5.41) is 5.60. The fourth-order valence-electron chi connectivity index (χ4n) is 2.83. The van der Waals surface area contributed by atoms with Gasteiger partial charge in [0, 0.05) is 31.6 Å². The van der Waals surface area contributed by atoms with Gasteiger partial charge < -0.3 is 15.1 Å². The van der Waals surface area contributed by atoms with Crippen molar-refractivity contribution < 1.29 is 4.79 Å². The summed E-state index contributed by atoms with van der Waals surface area (Å²) in [6.07, 6.45) is 0. The number of thiazole rings is 1. The third kappa shape index (κ3) is 2.96. The average molecular weight is 296 g/mol. The van der Waals surface area contributed by atoms with E-state index < -0.39 is 0 Å². The Labute approximate surface area is 125 Å². The Bertz CT molecular complexity index is 455. The number of aromatic nitrogens is 1. The smallest absolute Gasteiger partial charge is 0.273 e. The number of amides is 1. The van der Waals surface area contributed by atoms with Gasteiger partial charge in [-0.3, -0.25) is 4.79 Å². The van der Waals surface area contributed by atoms with E-state index in [2.05, 4.69) is 43.1 Å². The van der Waals surface area contributed by atoms with E-state index in [1.54, 1.807) is 0 Å². The molecule has 2 rings (SSSR count). The Morgan fingerprint density at radius 1 is 1.50 bits per heavy atom. The fourth-order valence-corrected chi connectivity index (χ4v) is 3.47. The van der Waals surface area contributed by atoms with Gasteiger partial charge in [0.2, 0.25) is 0 Å². The fraction of sp³-hybridized carbons (Fsp3) is 0.714. The molecule has 1 N–H and O–H groups in total. The summed E-state index contributed by atoms with van der Waals surface area (Å²) in [5.41, 5.74) is 0.557. The molecule has 0 spiro atoms. The van der Waals surface area contributed by atoms with Crippen LogP contribution in [-0.2, 0) is 0 Å². The lowest BCUT2D eigenvalue weighted by Crippen LogP contribution is -2.37. The number of rotatable bonds is 4. The summed E-state index contributed by atoms with van der Waals surface area (Å²) in [6.45, 7) is 6.08. The topological polar surface area (TPSA) is 48.5 Å². The van der Waals surface area contributed by atoms with Crippen molar-refractivity contribution in [1.82, 2.24) is 14.8 Å². The van der Waals surface area contributed by atoms with Crippen molar-refractivity contribution >= 4 is 22.4 Å². The van der Waals surface area contributed by atoms with Crippen LogP contribution in [0.1, 0.15) is 24.3 Å². The summed E-state index contributed by atoms with van der Waals surface area (Å²) >= 11 is 1.47. The van der Waals surface area contributed by atoms with E-state index in [0.717, 1.165) is 18.2 Å². The van der Waals surface area contributed by atoms with Gasteiger partial charge in [0.05, 0.1) is 0 Å². The third-order valence-corrected chi connectivity index (χ3v) is 4.94. The number of anilines is 1. The molecule has 20 heavy (non-hydrogen) atoms. The van der Waals surface area contributed by atoms with Crippen molar-refractivity contribution in [3.63, 3.8) is 0 Å². The molecule has 0 bridgehead atoms. The number of likely N-dealkylation sites (tertiary alicyclic amines) is 1. The zero-order chi connectivity index (χ0) is 14.9. The van der Waals surface area contributed by atoms with Gasteiger partial charge in [-0.25, -0.2) is 4.98 Å². The van der Waals surface area contributed by atoms with E-state index >= 15 is 0 Å². The van der Waals surface area contributed by atoms with Crippen LogP contribution in [0.5, 0.6) is 0 Å². The van der Waals surface area contributed by atoms with Crippen LogP contribution in [0, 0.1) is 11.8 Å². The number of hydrogen-bond acceptors (Lipinski definition) is 5. The molecule has 2 heterocycles. The second kappa shape index (κ2) is 6.10. The van der Waals surface area contributed by atoms with E-state index in [1.165, 1.54) is 11.3 Å². The second-order valence-corrected chi connectivity index (χ2v) is 6.79. The molecule has 0 aliphatic carbocycles. The summed E-state index contributed by atoms with van der Waals surface area (Å²) in [6, 6.07) is 0.432. The van der Waals surface area contributed by atoms with Crippen LogP contribution in [0.2, 0.25) is 0 Å². The Hall–Kier alpha value is -1.14. The Balaban J connectivity index is 2.12. The van der Waals surface area contributed by atoms with Crippen molar-refractivity contribution in [1.29, 1.82) is 0 Å². The number of carbonyl (C=O) groups is 1. The van der Waals surface area contributed by atoms with E-state index in [-0.39, 0.29) is 5.91 Å². The minimum atomic E-state index is 0.0535. The highest BCUT2D eigenvalue weighted by molar-refractivity contribution is 7.13. The quantitative estimate of drug-likeness (QED) is 0.921. The number of hydrogen-bond donors (Lipinski definition) is 1. The lowest BCUT2D eigenvalue weighted by molar-refractivity contribution is 0.0775. The van der Waals surface area contributed by atoms with Crippen LogP contribution in [-0.4, -0.2) is 61.0 Å². The summed E-state index contributed by atoms with van der Waals surface area (Å²) in [5.74, 6) is 1.15. The molecule has 1 aliphatic rings. The molecule has 1 aromatic rings. The van der Waals surface area contributed by atoms with E-state index in [9.17, 15) is 4.79 Å². The number of nitrogens with zero attached hydrogens (tertiary/aromatic N) is 3. The molecule has 6 heteroatoms. The summed E-state index contributed by atoms with van der Waals surface area (Å²) in [7, 11) is 6.01. The third-order valence-electron chi connectivity index (χ3n) is 4.08. The van der Waals surface area contributed by atoms with Gasteiger partial charge in [0.1, 0.15) is 5.69 Å². The maximum Gasteiger partial charge on any atom is 0.273 e. The molecule has 0 aromatic carbocycles. The molecule has 0 saturated carbocycles. The van der Waals surface area contributed by atoms with Gasteiger partial charge in [-0.15, -0.1) is 11.3 Å². The molecule has 1 fully saturated rings. The second-order valence-electron chi connectivity index (χ2n) is 5.94. The highest BCUT2D eigenvalue weighted by Crippen LogP contribution is 2.28. The van der Waals surface area contributed by atoms with Crippen molar-refractivity contribution in [2.45, 2.75) is 19.9 Å². The highest BCUT2D eigenvalue weighted by atomic mass is 32.1. The summed E-state index contributed by atoms with van der Waals surface area (Å²) in [4.78, 5) is 21.0. The predicted molar refractivity (Wildman–Crippen MR) is 83.4 cm³/mol. The van der Waals surface area contributed by atoms with Gasteiger partial charge in [0.15, 0.2) is 5.13 Å². The highest BCUT2D eigenvalue weighted by Gasteiger charge is 2.38. The standard InChI is InChI=1S/C14H24N4OS/c1-9(2)10-6-18(7-12(10)17(4)5)13(19)11-8-20-14(15-3)16-11/h8-10,12H,6-7H2,1-5H3,(H,15,16)/t10-,12+/m0/s1. The van der Waals surface area contributed by atoms with Crippen molar-refractivity contribution in [3.8, 4) is 0 Å². The summed E-state index contributed by atoms with van der Waals surface area (Å²) < 4.78 is 0. The van der Waals surface area contributed by atoms with Gasteiger partial charge in [-0.05, 0) is 25.9 Å². The van der Waals surface area contributed by atoms with Crippen LogP contribution in [0.4, 0.5) is 5.13 Å². The molecular formula is C14H24N4OS. The minimum absolute atomic E-state index is 0.0535. The normalized spacial score (nSPS) is 22.9. The lowest BCUT2D eigenvalue weighted by Gasteiger charge is -2.27. The molecule has 1 aliphatic heterocycles. The first-order valence-corrected chi connectivity index (χ1v) is 7.91. The lowest BCUT2D eigenvalue weighted by atomic mass is 9.91. The average Bonchev–Trinajstić information content (AvgIpc) is 3.04. The first kappa shape index (κ1) is 15.3. The van der Waals surface area contributed by atoms with Crippen molar-refractivity contribution in [2.75, 3.05) is 39.5 Å². The van der Waals surface area contributed by atoms with Crippen molar-refractivity contribution in [3.05, 3.63) is 11.1 Å². The van der Waals surface area contributed by atoms with Gasteiger partial charge >= 0.3 is 0 Å². The monoisotopic (exact) mass is 296 g/mol. The first-order valence-electron chi connectivity index (χ1n) is 7.03. The Morgan fingerprint density at radius 3 is 2.65 bits per heavy atom. The molecule has 1 aromatic heterocycles. The maximum absolute atomic E-state index is 12.5. The molecular weight excluding hydrogens is 272 g/mol. The molecule has 2 atom stereocenters. The van der Waals surface area contributed by atoms with Gasteiger partial charge in [0.25, 0.3) is 5.91 Å². The van der Waals surface area contributed by atoms with Gasteiger partial charge in [-0.1, -0.05) is 13.8 Å². The first-order chi connectivity index (χ1) is 9.43. The molecule has 112 valence electrons. The van der Waals surface area contributed by atoms with E-state index in [0.29, 0.717) is 23.6 Å². The Kier molecular flexibility index (Phi) is 4.65. The van der Waals surface area contributed by atoms with Crippen LogP contribution in [0.25, 0.3) is 0 Å². The van der Waals surface area contributed by atoms with Gasteiger partial charge in [-0.2, -0.15) is 0 Å². The SMILES string of the molecule is CNc1nc(C(=O)N2C[C@@H](N(C)C)[C@H](C(C)C)C2)cs1. The zero-order valence-electron chi connectivity index (χ0n) is 12.9. The number of likely N-dealkylation sites (N-methyl/N-ethyl adjacent to an activating group) is 1. The molecule has 1 saturated heterocycles. The predicted octanol–water partition coefficient (Wildman–Crippen LogP) is 1.84. The van der Waals surface area contributed by atoms with Crippen LogP contribution in [0.3, 0.4) is 0 Å². The number of carbonyl (C=O) groups excluding carboxylic acids is 1. The Morgan fingerprint density at radius 2 is 2.20 bits per heavy atom. The maximum atomic E-state index is 12.5. The molecule has 0 radical (unpaired) electrons. The van der Waals surface area contributed by atoms with Crippen molar-refractivity contribution in [2.24, 2.45) is 11.8 Å². The minimum Gasteiger partial charge on any atom is -0.365 e. The molecule has 5 nitrogen and oxygen atoms in total.